The second-order valence-electron chi connectivity index (χ2n) is 4.30. The summed E-state index contributed by atoms with van der Waals surface area (Å²) in [4.78, 5) is 0. The normalized spacial score (nSPS) is 11.6. The molecule has 0 fully saturated rings. The largest absolute Gasteiger partial charge is 0.409 e. The van der Waals surface area contributed by atoms with Crippen molar-refractivity contribution in [3.8, 4) is 0 Å². The first-order chi connectivity index (χ1) is 9.69. The summed E-state index contributed by atoms with van der Waals surface area (Å²) >= 11 is 7.66. The van der Waals surface area contributed by atoms with Gasteiger partial charge >= 0.3 is 0 Å². The van der Waals surface area contributed by atoms with E-state index in [1.54, 1.807) is 0 Å². The molecule has 20 heavy (non-hydrogen) atoms. The minimum absolute atomic E-state index is 0.134. The van der Waals surface area contributed by atoms with Crippen molar-refractivity contribution in [1.29, 1.82) is 0 Å². The van der Waals surface area contributed by atoms with Crippen LogP contribution in [0.1, 0.15) is 16.7 Å². The third kappa shape index (κ3) is 4.18. The molecule has 104 valence electrons. The van der Waals surface area contributed by atoms with E-state index in [1.165, 1.54) is 5.56 Å². The molecule has 0 spiro atoms. The Morgan fingerprint density at radius 1 is 1.10 bits per heavy atom. The van der Waals surface area contributed by atoms with E-state index in [9.17, 15) is 0 Å². The second-order valence-corrected chi connectivity index (χ2v) is 5.73. The van der Waals surface area contributed by atoms with E-state index in [0.717, 1.165) is 27.7 Å². The van der Waals surface area contributed by atoms with Gasteiger partial charge in [0.15, 0.2) is 5.84 Å². The molecule has 0 aliphatic rings. The molecule has 2 aromatic rings. The molecule has 0 aliphatic carbocycles. The lowest BCUT2D eigenvalue weighted by molar-refractivity contribution is 0.318. The van der Waals surface area contributed by atoms with Gasteiger partial charge in [0.25, 0.3) is 0 Å². The minimum atomic E-state index is 0.134. The summed E-state index contributed by atoms with van der Waals surface area (Å²) in [6, 6.07) is 15.6. The lowest BCUT2D eigenvalue weighted by Crippen LogP contribution is -2.13. The quantitative estimate of drug-likeness (QED) is 0.381. The highest BCUT2D eigenvalue weighted by atomic mass is 35.5. The van der Waals surface area contributed by atoms with Gasteiger partial charge in [0.1, 0.15) is 0 Å². The molecule has 0 aliphatic heterocycles. The summed E-state index contributed by atoms with van der Waals surface area (Å²) in [5.41, 5.74) is 8.70. The lowest BCUT2D eigenvalue weighted by atomic mass is 10.1. The number of hydrogen-bond acceptors (Lipinski definition) is 3. The highest BCUT2D eigenvalue weighted by Crippen LogP contribution is 2.20. The van der Waals surface area contributed by atoms with Crippen molar-refractivity contribution in [3.63, 3.8) is 0 Å². The number of rotatable bonds is 5. The number of benzene rings is 2. The first-order valence-corrected chi connectivity index (χ1v) is 7.61. The van der Waals surface area contributed by atoms with Crippen LogP contribution in [0, 0.1) is 0 Å². The summed E-state index contributed by atoms with van der Waals surface area (Å²) in [5.74, 6) is 1.93. The molecule has 5 heteroatoms. The summed E-state index contributed by atoms with van der Waals surface area (Å²) in [5, 5.41) is 12.4. The zero-order chi connectivity index (χ0) is 14.4. The Bertz CT molecular complexity index is 599. The first kappa shape index (κ1) is 14.8. The maximum absolute atomic E-state index is 8.67. The highest BCUT2D eigenvalue weighted by Gasteiger charge is 2.01. The zero-order valence-corrected chi connectivity index (χ0v) is 12.4. The smallest absolute Gasteiger partial charge is 0.170 e. The maximum atomic E-state index is 8.67. The van der Waals surface area contributed by atoms with E-state index in [-0.39, 0.29) is 5.84 Å². The molecule has 0 atom stereocenters. The molecule has 2 rings (SSSR count). The summed E-state index contributed by atoms with van der Waals surface area (Å²) in [7, 11) is 0. The molecule has 0 saturated carbocycles. The molecule has 0 saturated heterocycles. The average molecular weight is 307 g/mol. The molecule has 0 radical (unpaired) electrons. The molecule has 3 N–H and O–H groups in total. The van der Waals surface area contributed by atoms with Crippen LogP contribution in [0.4, 0.5) is 0 Å². The molecule has 2 aromatic carbocycles. The topological polar surface area (TPSA) is 58.6 Å². The third-order valence-electron chi connectivity index (χ3n) is 2.78. The van der Waals surface area contributed by atoms with Gasteiger partial charge < -0.3 is 10.9 Å². The van der Waals surface area contributed by atoms with Crippen molar-refractivity contribution in [3.05, 3.63) is 70.2 Å². The van der Waals surface area contributed by atoms with Crippen LogP contribution >= 0.6 is 23.4 Å². The number of nitrogens with two attached hydrogens (primary N) is 1. The number of thioether (sulfide) groups is 1. The maximum Gasteiger partial charge on any atom is 0.170 e. The van der Waals surface area contributed by atoms with Gasteiger partial charge in [0, 0.05) is 22.1 Å². The molecule has 0 aromatic heterocycles. The molecule has 3 nitrogen and oxygen atoms in total. The van der Waals surface area contributed by atoms with Crippen LogP contribution < -0.4 is 5.73 Å². The van der Waals surface area contributed by atoms with Crippen LogP contribution in [-0.2, 0) is 11.5 Å². The Labute approximate surface area is 127 Å². The Morgan fingerprint density at radius 2 is 1.80 bits per heavy atom. The van der Waals surface area contributed by atoms with Crippen LogP contribution in [0.25, 0.3) is 0 Å². The van der Waals surface area contributed by atoms with Gasteiger partial charge in [-0.05, 0) is 29.3 Å². The Kier molecular flexibility index (Phi) is 5.32. The minimum Gasteiger partial charge on any atom is -0.409 e. The standard InChI is InChI=1S/C15H15ClN2OS/c16-14-6-4-11(5-7-14)9-20-10-12-2-1-3-13(8-12)15(17)18-19/h1-8,19H,9-10H2,(H2,17,18). The van der Waals surface area contributed by atoms with Crippen molar-refractivity contribution in [2.45, 2.75) is 11.5 Å². The number of oxime groups is 1. The number of amidine groups is 1. The molecule has 0 amide bonds. The molecular weight excluding hydrogens is 292 g/mol. The monoisotopic (exact) mass is 306 g/mol. The van der Waals surface area contributed by atoms with E-state index in [4.69, 9.17) is 22.5 Å². The van der Waals surface area contributed by atoms with Crippen molar-refractivity contribution in [1.82, 2.24) is 0 Å². The zero-order valence-electron chi connectivity index (χ0n) is 10.8. The molecule has 0 bridgehead atoms. The summed E-state index contributed by atoms with van der Waals surface area (Å²) < 4.78 is 0. The predicted octanol–water partition coefficient (Wildman–Crippen LogP) is 3.87. The molecule has 0 unspecified atom stereocenters. The Balaban J connectivity index is 1.92. The van der Waals surface area contributed by atoms with E-state index in [0.29, 0.717) is 0 Å². The van der Waals surface area contributed by atoms with E-state index in [1.807, 2.05) is 60.3 Å². The van der Waals surface area contributed by atoms with Crippen LogP contribution in [0.3, 0.4) is 0 Å². The Hall–Kier alpha value is -1.65. The number of hydrogen-bond donors (Lipinski definition) is 2. The van der Waals surface area contributed by atoms with Crippen molar-refractivity contribution >= 4 is 29.2 Å². The van der Waals surface area contributed by atoms with Crippen molar-refractivity contribution < 1.29 is 5.21 Å². The van der Waals surface area contributed by atoms with Gasteiger partial charge in [0.05, 0.1) is 0 Å². The number of halogens is 1. The number of nitrogens with zero attached hydrogens (tertiary/aromatic N) is 1. The summed E-state index contributed by atoms with van der Waals surface area (Å²) in [6.07, 6.45) is 0. The fourth-order valence-corrected chi connectivity index (χ4v) is 2.82. The van der Waals surface area contributed by atoms with E-state index in [2.05, 4.69) is 5.16 Å². The van der Waals surface area contributed by atoms with Gasteiger partial charge in [-0.3, -0.25) is 0 Å². The predicted molar refractivity (Wildman–Crippen MR) is 85.4 cm³/mol. The van der Waals surface area contributed by atoms with Crippen LogP contribution in [0.15, 0.2) is 53.7 Å². The van der Waals surface area contributed by atoms with Crippen LogP contribution in [0.2, 0.25) is 5.02 Å². The summed E-state index contributed by atoms with van der Waals surface area (Å²) in [6.45, 7) is 0. The fraction of sp³-hybridized carbons (Fsp3) is 0.133. The first-order valence-electron chi connectivity index (χ1n) is 6.08. The van der Waals surface area contributed by atoms with Crippen LogP contribution in [-0.4, -0.2) is 11.0 Å². The fourth-order valence-electron chi connectivity index (χ4n) is 1.75. The van der Waals surface area contributed by atoms with Gasteiger partial charge in [0.2, 0.25) is 0 Å². The molecular formula is C15H15ClN2OS. The van der Waals surface area contributed by atoms with Gasteiger partial charge in [-0.1, -0.05) is 47.1 Å². The van der Waals surface area contributed by atoms with Gasteiger partial charge in [-0.2, -0.15) is 11.8 Å². The highest BCUT2D eigenvalue weighted by molar-refractivity contribution is 7.97. The second kappa shape index (κ2) is 7.22. The lowest BCUT2D eigenvalue weighted by Gasteiger charge is -2.05. The third-order valence-corrected chi connectivity index (χ3v) is 4.11. The van der Waals surface area contributed by atoms with E-state index < -0.39 is 0 Å². The van der Waals surface area contributed by atoms with Gasteiger partial charge in [-0.25, -0.2) is 0 Å². The van der Waals surface area contributed by atoms with Crippen LogP contribution in [0.5, 0.6) is 0 Å². The van der Waals surface area contributed by atoms with E-state index >= 15 is 0 Å². The average Bonchev–Trinajstić information content (AvgIpc) is 2.49. The SMILES string of the molecule is N/C(=N/O)c1cccc(CSCc2ccc(Cl)cc2)c1. The van der Waals surface area contributed by atoms with Gasteiger partial charge in [-0.15, -0.1) is 0 Å². The van der Waals surface area contributed by atoms with Crippen molar-refractivity contribution in [2.75, 3.05) is 0 Å². The van der Waals surface area contributed by atoms with Crippen molar-refractivity contribution in [2.24, 2.45) is 10.9 Å². The molecule has 0 heterocycles. The Morgan fingerprint density at radius 3 is 2.50 bits per heavy atom.